The summed E-state index contributed by atoms with van der Waals surface area (Å²) in [5, 5.41) is 10.3. The third-order valence-electron chi connectivity index (χ3n) is 3.58. The van der Waals surface area contributed by atoms with Gasteiger partial charge in [0.15, 0.2) is 11.7 Å². The highest BCUT2D eigenvalue weighted by atomic mass is 35.6. The monoisotopic (exact) mass is 360 g/mol. The zero-order valence-corrected chi connectivity index (χ0v) is 13.8. The summed E-state index contributed by atoms with van der Waals surface area (Å²) in [6, 6.07) is -0.420. The number of ether oxygens (including phenoxy) is 4. The average molecular weight is 362 g/mol. The van der Waals surface area contributed by atoms with Crippen molar-refractivity contribution in [3.8, 4) is 0 Å². The van der Waals surface area contributed by atoms with E-state index in [1.165, 1.54) is 7.11 Å². The van der Waals surface area contributed by atoms with Crippen molar-refractivity contribution >= 4 is 46.8 Å². The fourth-order valence-electron chi connectivity index (χ4n) is 2.63. The topological polar surface area (TPSA) is 89.9 Å². The largest absolute Gasteiger partial charge is 0.445 e. The number of alkyl carbamates (subject to hydrolysis) is 1. The highest BCUT2D eigenvalue weighted by Gasteiger charge is 2.61. The second-order valence-corrected chi connectivity index (χ2v) is 7.29. The second-order valence-electron chi connectivity index (χ2n) is 5.01. The Labute approximate surface area is 136 Å². The number of carbonyl (C=O) groups excluding carboxylic acids is 1. The van der Waals surface area contributed by atoms with Crippen LogP contribution in [0.15, 0.2) is 0 Å². The first-order valence-electron chi connectivity index (χ1n) is 6.09. The van der Waals surface area contributed by atoms with Crippen LogP contribution in [0.5, 0.6) is 0 Å². The molecular weight excluding hydrogens is 346 g/mol. The maximum Gasteiger partial charge on any atom is 0.408 e. The number of hydrogen-bond donors (Lipinski definition) is 2. The molecular formula is C11H15Cl3N2O5. The quantitative estimate of drug-likeness (QED) is 0.446. The van der Waals surface area contributed by atoms with Gasteiger partial charge in [-0.1, -0.05) is 34.8 Å². The summed E-state index contributed by atoms with van der Waals surface area (Å²) in [5.41, 5.74) is -1.03. The molecule has 0 bridgehead atoms. The van der Waals surface area contributed by atoms with E-state index in [0.29, 0.717) is 0 Å². The molecule has 0 unspecified atom stereocenters. The van der Waals surface area contributed by atoms with Gasteiger partial charge in [0.25, 0.3) is 3.79 Å². The van der Waals surface area contributed by atoms with E-state index in [-0.39, 0.29) is 0 Å². The molecule has 0 aromatic heterocycles. The van der Waals surface area contributed by atoms with Crippen LogP contribution in [0.1, 0.15) is 13.8 Å². The van der Waals surface area contributed by atoms with Crippen LogP contribution in [0.3, 0.4) is 0 Å². The molecule has 2 aliphatic rings. The molecule has 0 aliphatic carbocycles. The molecule has 0 aromatic rings. The zero-order valence-electron chi connectivity index (χ0n) is 11.5. The van der Waals surface area contributed by atoms with Crippen LogP contribution in [-0.4, -0.2) is 53.0 Å². The predicted octanol–water partition coefficient (Wildman–Crippen LogP) is 1.98. The molecule has 2 N–H and O–H groups in total. The summed E-state index contributed by atoms with van der Waals surface area (Å²) in [7, 11) is 1.41. The minimum atomic E-state index is -2.02. The fraction of sp³-hybridized carbons (Fsp3) is 0.818. The third-order valence-corrected chi connectivity index (χ3v) is 4.09. The maximum absolute atomic E-state index is 11.5. The molecule has 0 radical (unpaired) electrons. The van der Waals surface area contributed by atoms with Crippen molar-refractivity contribution in [2.24, 2.45) is 0 Å². The van der Waals surface area contributed by atoms with E-state index >= 15 is 0 Å². The molecule has 2 fully saturated rings. The van der Waals surface area contributed by atoms with Gasteiger partial charge in [0, 0.05) is 7.11 Å². The number of carbonyl (C=O) groups is 1. The van der Waals surface area contributed by atoms with Gasteiger partial charge in [-0.2, -0.15) is 0 Å². The normalized spacial score (nSPS) is 39.2. The summed E-state index contributed by atoms with van der Waals surface area (Å²) < 4.78 is 19.5. The first kappa shape index (κ1) is 16.9. The number of nitrogens with one attached hydrogen (secondary N) is 2. The van der Waals surface area contributed by atoms with Crippen LogP contribution in [0.4, 0.5) is 4.79 Å². The van der Waals surface area contributed by atoms with Crippen LogP contribution in [0.2, 0.25) is 0 Å². The number of rotatable bonds is 2. The average Bonchev–Trinajstić information content (AvgIpc) is 2.64. The molecule has 5 atom stereocenters. The SMILES string of the molecule is CO[C@H]1[C@H](OC(=N)C(Cl)(Cl)Cl)O[C@@H](C)[C@H]2NC(=O)O[C@]21C. The van der Waals surface area contributed by atoms with Gasteiger partial charge >= 0.3 is 6.09 Å². The molecule has 0 spiro atoms. The number of alkyl halides is 3. The van der Waals surface area contributed by atoms with Crippen molar-refractivity contribution in [3.05, 3.63) is 0 Å². The van der Waals surface area contributed by atoms with Gasteiger partial charge in [-0.3, -0.25) is 5.41 Å². The Morgan fingerprint density at radius 2 is 2.10 bits per heavy atom. The lowest BCUT2D eigenvalue weighted by atomic mass is 9.84. The number of amides is 1. The second kappa shape index (κ2) is 5.62. The first-order valence-corrected chi connectivity index (χ1v) is 7.23. The van der Waals surface area contributed by atoms with Crippen molar-refractivity contribution in [3.63, 3.8) is 0 Å². The lowest BCUT2D eigenvalue weighted by Gasteiger charge is -2.46. The van der Waals surface area contributed by atoms with Crippen molar-refractivity contribution in [2.75, 3.05) is 7.11 Å². The van der Waals surface area contributed by atoms with Gasteiger partial charge < -0.3 is 24.3 Å². The molecule has 21 heavy (non-hydrogen) atoms. The maximum atomic E-state index is 11.5. The van der Waals surface area contributed by atoms with E-state index in [9.17, 15) is 4.79 Å². The van der Waals surface area contributed by atoms with E-state index in [1.54, 1.807) is 13.8 Å². The van der Waals surface area contributed by atoms with Gasteiger partial charge in [-0.15, -0.1) is 0 Å². The van der Waals surface area contributed by atoms with E-state index in [1.807, 2.05) is 0 Å². The lowest BCUT2D eigenvalue weighted by Crippen LogP contribution is -2.66. The van der Waals surface area contributed by atoms with Crippen molar-refractivity contribution in [1.82, 2.24) is 5.32 Å². The highest BCUT2D eigenvalue weighted by Crippen LogP contribution is 2.39. The highest BCUT2D eigenvalue weighted by molar-refractivity contribution is 6.76. The molecule has 1 amide bonds. The van der Waals surface area contributed by atoms with Gasteiger partial charge in [0.2, 0.25) is 12.2 Å². The Morgan fingerprint density at radius 1 is 1.48 bits per heavy atom. The Morgan fingerprint density at radius 3 is 2.62 bits per heavy atom. The first-order chi connectivity index (χ1) is 9.59. The minimum Gasteiger partial charge on any atom is -0.445 e. The van der Waals surface area contributed by atoms with Gasteiger partial charge in [-0.05, 0) is 13.8 Å². The summed E-state index contributed by atoms with van der Waals surface area (Å²) in [5.74, 6) is -0.605. The molecule has 2 aliphatic heterocycles. The molecule has 120 valence electrons. The van der Waals surface area contributed by atoms with Gasteiger partial charge in [0.05, 0.1) is 6.10 Å². The molecule has 0 saturated carbocycles. The zero-order chi connectivity index (χ0) is 16.0. The Hall–Kier alpha value is -0.470. The smallest absolute Gasteiger partial charge is 0.408 e. The number of methoxy groups -OCH3 is 1. The van der Waals surface area contributed by atoms with E-state index in [2.05, 4.69) is 5.32 Å². The number of fused-ring (bicyclic) bond motifs is 1. The molecule has 10 heteroatoms. The summed E-state index contributed by atoms with van der Waals surface area (Å²) >= 11 is 16.8. The van der Waals surface area contributed by atoms with Gasteiger partial charge in [-0.25, -0.2) is 4.79 Å². The van der Waals surface area contributed by atoms with E-state index in [4.69, 9.17) is 59.2 Å². The minimum absolute atomic E-state index is 0.420. The predicted molar refractivity (Wildman–Crippen MR) is 76.0 cm³/mol. The Balaban J connectivity index is 2.24. The summed E-state index contributed by atoms with van der Waals surface area (Å²) in [6.45, 7) is 3.43. The standard InChI is InChI=1S/C11H15Cl3N2O5/c1-4-5-10(2,21-9(17)16-5)6(18-3)7(19-4)20-8(15)11(12,13)14/h4-7,15H,1-3H3,(H,16,17)/t4-,5+,6-,7-,10+/m0/s1. The van der Waals surface area contributed by atoms with E-state index in [0.717, 1.165) is 0 Å². The van der Waals surface area contributed by atoms with Crippen LogP contribution in [0, 0.1) is 5.41 Å². The fourth-order valence-corrected chi connectivity index (χ4v) is 2.76. The summed E-state index contributed by atoms with van der Waals surface area (Å²) in [6.07, 6.45) is -2.87. The van der Waals surface area contributed by atoms with Crippen LogP contribution >= 0.6 is 34.8 Å². The van der Waals surface area contributed by atoms with Crippen LogP contribution in [-0.2, 0) is 18.9 Å². The third kappa shape index (κ3) is 3.03. The number of halogens is 3. The molecule has 2 heterocycles. The summed E-state index contributed by atoms with van der Waals surface area (Å²) in [4.78, 5) is 11.5. The van der Waals surface area contributed by atoms with Crippen LogP contribution < -0.4 is 5.32 Å². The molecule has 7 nitrogen and oxygen atoms in total. The Bertz CT molecular complexity index is 458. The van der Waals surface area contributed by atoms with Crippen LogP contribution in [0.25, 0.3) is 0 Å². The lowest BCUT2D eigenvalue weighted by molar-refractivity contribution is -0.269. The number of hydrogen-bond acceptors (Lipinski definition) is 6. The van der Waals surface area contributed by atoms with Crippen molar-refractivity contribution in [2.45, 2.75) is 47.8 Å². The molecule has 2 rings (SSSR count). The van der Waals surface area contributed by atoms with Crippen molar-refractivity contribution in [1.29, 1.82) is 5.41 Å². The van der Waals surface area contributed by atoms with E-state index < -0.39 is 45.9 Å². The van der Waals surface area contributed by atoms with Gasteiger partial charge in [0.1, 0.15) is 6.04 Å². The molecule has 2 saturated heterocycles. The van der Waals surface area contributed by atoms with Crippen molar-refractivity contribution < 1.29 is 23.7 Å². The molecule has 0 aromatic carbocycles. The Kier molecular flexibility index (Phi) is 4.52.